The fourth-order valence-corrected chi connectivity index (χ4v) is 15.4. The number of carboxylic acid groups (broad SMARTS) is 1. The fraction of sp³-hybridized carbons (Fsp3) is 0.514. The number of ether oxygens (including phenoxy) is 2. The summed E-state index contributed by atoms with van der Waals surface area (Å²) in [5, 5.41) is 16.0. The third-order valence-corrected chi connectivity index (χ3v) is 24.6. The molecule has 0 bridgehead atoms. The van der Waals surface area contributed by atoms with Crippen molar-refractivity contribution in [1.29, 1.82) is 0 Å². The molecular weight excluding hydrogens is 1240 g/mol. The van der Waals surface area contributed by atoms with Crippen LogP contribution in [0.25, 0.3) is 0 Å². The molecule has 21 heteroatoms. The second kappa shape index (κ2) is 27.3. The smallest absolute Gasteiger partial charge is 0.310 e. The number of halogens is 2. The molecule has 4 aliphatic carbocycles. The molecular formula is C70H84Cl2N4O13S2. The van der Waals surface area contributed by atoms with Gasteiger partial charge in [0.2, 0.25) is 37.8 Å². The zero-order valence-corrected chi connectivity index (χ0v) is 55.4. The number of ketones is 2. The van der Waals surface area contributed by atoms with Crippen LogP contribution in [0.4, 0.5) is 0 Å². The number of nitrogens with one attached hydrogen (secondary N) is 1. The van der Waals surface area contributed by atoms with Crippen LogP contribution < -0.4 is 19.3 Å². The van der Waals surface area contributed by atoms with Gasteiger partial charge in [0, 0.05) is 60.7 Å². The molecule has 4 heterocycles. The number of hydrogen-bond donors (Lipinski definition) is 3. The maximum atomic E-state index is 14.3. The quantitative estimate of drug-likeness (QED) is 0.132. The van der Waals surface area contributed by atoms with Crippen molar-refractivity contribution < 1.29 is 60.2 Å². The van der Waals surface area contributed by atoms with E-state index >= 15 is 0 Å². The van der Waals surface area contributed by atoms with Gasteiger partial charge >= 0.3 is 5.97 Å². The van der Waals surface area contributed by atoms with Gasteiger partial charge in [0.05, 0.1) is 32.4 Å². The Hall–Kier alpha value is -6.38. The summed E-state index contributed by atoms with van der Waals surface area (Å²) in [6.07, 6.45) is 21.0. The van der Waals surface area contributed by atoms with Gasteiger partial charge in [0.1, 0.15) is 23.0 Å². The summed E-state index contributed by atoms with van der Waals surface area (Å²) < 4.78 is 60.0. The van der Waals surface area contributed by atoms with Gasteiger partial charge in [0.15, 0.2) is 11.6 Å². The monoisotopic (exact) mass is 1320 g/mol. The number of benzene rings is 4. The van der Waals surface area contributed by atoms with E-state index in [1.165, 1.54) is 0 Å². The number of carbonyl (C=O) groups excluding carboxylic acids is 5. The Balaban J connectivity index is 0.000000180. The number of carboxylic acids is 1. The summed E-state index contributed by atoms with van der Waals surface area (Å²) >= 11 is 12.2. The van der Waals surface area contributed by atoms with Crippen LogP contribution in [-0.4, -0.2) is 88.6 Å². The normalized spacial score (nSPS) is 28.4. The van der Waals surface area contributed by atoms with Gasteiger partial charge in [-0.05, 0) is 186 Å². The maximum Gasteiger partial charge on any atom is 0.310 e. The SMILES string of the molecule is CC1(S(N)(=O)=O)CC1.C[C@H]1CCCCC/C=C\[C@@H]2C[C@@]2(C(=O)NS(=O)(=O)C2(C)CC2)CC(=O)[C@@H]2Cc3cc(Oc4cccc(Cl)c4)ccc3CN2C1=O.C[C@H]1CCCCC/C=C\[C@@H]2C[C@@]2(C(=O)O)CC(=O)[C@@H]2Cc3cc(Oc4cccc(Cl)c4)ccc3CN2C1=O. The Bertz CT molecular complexity index is 3770. The van der Waals surface area contributed by atoms with Crippen LogP contribution in [0.2, 0.25) is 10.0 Å². The minimum absolute atomic E-state index is 0.0297. The zero-order valence-electron chi connectivity index (χ0n) is 52.3. The second-order valence-corrected chi connectivity index (χ2v) is 32.3. The summed E-state index contributed by atoms with van der Waals surface area (Å²) in [6.45, 7) is 7.78. The molecule has 4 aliphatic heterocycles. The molecule has 91 heavy (non-hydrogen) atoms. The first kappa shape index (κ1) is 67.5. The van der Waals surface area contributed by atoms with Gasteiger partial charge < -0.3 is 24.4 Å². The number of amides is 3. The van der Waals surface area contributed by atoms with E-state index < -0.39 is 64.3 Å². The van der Waals surface area contributed by atoms with Crippen molar-refractivity contribution in [2.24, 2.45) is 39.6 Å². The second-order valence-electron chi connectivity index (χ2n) is 27.2. The number of sulfonamides is 2. The molecule has 4 fully saturated rings. The molecule has 4 N–H and O–H groups in total. The zero-order chi connectivity index (χ0) is 65.3. The fourth-order valence-electron chi connectivity index (χ4n) is 13.1. The highest BCUT2D eigenvalue weighted by molar-refractivity contribution is 7.91. The van der Waals surface area contributed by atoms with Crippen LogP contribution in [0.3, 0.4) is 0 Å². The lowest BCUT2D eigenvalue weighted by molar-refractivity contribution is -0.148. The van der Waals surface area contributed by atoms with E-state index in [2.05, 4.69) is 16.9 Å². The number of fused-ring (bicyclic) bond motifs is 6. The average molecular weight is 1320 g/mol. The van der Waals surface area contributed by atoms with E-state index in [0.29, 0.717) is 71.7 Å². The highest BCUT2D eigenvalue weighted by Crippen LogP contribution is 2.59. The van der Waals surface area contributed by atoms with Gasteiger partial charge in [0.25, 0.3) is 0 Å². The van der Waals surface area contributed by atoms with E-state index in [-0.39, 0.29) is 72.9 Å². The molecule has 0 radical (unpaired) electrons. The van der Waals surface area contributed by atoms with E-state index in [1.807, 2.05) is 80.6 Å². The summed E-state index contributed by atoms with van der Waals surface area (Å²) in [5.74, 6) is -0.423. The number of nitrogens with two attached hydrogens (primary N) is 1. The first-order valence-electron chi connectivity index (χ1n) is 32.1. The molecule has 0 unspecified atom stereocenters. The Morgan fingerprint density at radius 1 is 0.582 bits per heavy atom. The number of hydrogen-bond acceptors (Lipinski definition) is 12. The molecule has 4 aromatic rings. The van der Waals surface area contributed by atoms with E-state index in [0.717, 1.165) is 99.3 Å². The van der Waals surface area contributed by atoms with Crippen molar-refractivity contribution in [3.8, 4) is 23.0 Å². The highest BCUT2D eigenvalue weighted by atomic mass is 35.5. The third kappa shape index (κ3) is 15.7. The summed E-state index contributed by atoms with van der Waals surface area (Å²) in [5.41, 5.74) is 1.55. The van der Waals surface area contributed by atoms with Gasteiger partial charge in [-0.1, -0.05) is 111 Å². The first-order chi connectivity index (χ1) is 43.1. The molecule has 4 aromatic carbocycles. The van der Waals surface area contributed by atoms with Crippen LogP contribution >= 0.6 is 23.2 Å². The van der Waals surface area contributed by atoms with Crippen molar-refractivity contribution in [1.82, 2.24) is 14.5 Å². The molecule has 0 saturated heterocycles. The van der Waals surface area contributed by atoms with E-state index in [4.69, 9.17) is 37.8 Å². The maximum absolute atomic E-state index is 14.3. The molecule has 4 saturated carbocycles. The molecule has 0 aromatic heterocycles. The standard InChI is InChI=1S/C35H41ClN2O6S.C31H34ClNO5.C4H9NO2S/c1-23-9-6-4-3-5-7-10-26-20-35(26,33(41)37-45(42,43)34(2)15-16-34)21-31(39)30-18-25-17-29(44-28-12-8-11-27(36)19-28)14-13-24(25)22-38(30)32(23)40;1-20-8-5-3-2-4-6-9-23-17-31(23,30(36)37)18-28(34)27-15-22-14-26(38-25-11-7-10-24(32)16-25)13-12-21(22)19-33(27)29(20)35;1-4(2-3-4)8(5,6)7/h7-8,10-14,17,19,23,26,30H,3-6,9,15-16,18,20-22H2,1-2H3,(H,37,41);6-7,9-14,16,20,23,27H,2-5,8,15,17-19H2,1H3,(H,36,37);2-3H2,1H3,(H2,5,6,7)/b10-7-;9-6-;/t23-,26+,30-,35+;20-,23+,27-,31+;/m00./s1. The summed E-state index contributed by atoms with van der Waals surface area (Å²) in [7, 11) is -7.09. The lowest BCUT2D eigenvalue weighted by Gasteiger charge is -2.38. The lowest BCUT2D eigenvalue weighted by Crippen LogP contribution is -2.51. The van der Waals surface area contributed by atoms with Crippen LogP contribution in [0.15, 0.2) is 109 Å². The third-order valence-electron chi connectivity index (χ3n) is 20.2. The number of carbonyl (C=O) groups is 6. The predicted octanol–water partition coefficient (Wildman–Crippen LogP) is 12.9. The molecule has 3 amide bonds. The summed E-state index contributed by atoms with van der Waals surface area (Å²) in [4.78, 5) is 85.0. The molecule has 488 valence electrons. The van der Waals surface area contributed by atoms with E-state index in [1.54, 1.807) is 54.0 Å². The number of primary sulfonamides is 1. The van der Waals surface area contributed by atoms with Crippen molar-refractivity contribution in [3.05, 3.63) is 142 Å². The average Bonchev–Trinajstić information content (AvgIpc) is 1.62. The minimum Gasteiger partial charge on any atom is -0.481 e. The number of nitrogens with zero attached hydrogens (tertiary/aromatic N) is 2. The topological polar surface area (TPSA) is 254 Å². The van der Waals surface area contributed by atoms with Crippen molar-refractivity contribution >= 4 is 78.5 Å². The van der Waals surface area contributed by atoms with Crippen molar-refractivity contribution in [2.75, 3.05) is 0 Å². The Morgan fingerprint density at radius 2 is 1.01 bits per heavy atom. The molecule has 0 spiro atoms. The van der Waals surface area contributed by atoms with Crippen LogP contribution in [0.1, 0.15) is 166 Å². The molecule has 8 atom stereocenters. The number of aliphatic carboxylic acids is 1. The highest BCUT2D eigenvalue weighted by Gasteiger charge is 2.63. The van der Waals surface area contributed by atoms with Gasteiger partial charge in [-0.3, -0.25) is 33.5 Å². The Morgan fingerprint density at radius 3 is 1.43 bits per heavy atom. The van der Waals surface area contributed by atoms with Gasteiger partial charge in [-0.25, -0.2) is 22.0 Å². The molecule has 12 rings (SSSR count). The molecule has 8 aliphatic rings. The van der Waals surface area contributed by atoms with Crippen LogP contribution in [0.5, 0.6) is 23.0 Å². The van der Waals surface area contributed by atoms with E-state index in [9.17, 15) is 50.7 Å². The Kier molecular flexibility index (Phi) is 20.2. The van der Waals surface area contributed by atoms with Crippen LogP contribution in [0, 0.1) is 34.5 Å². The largest absolute Gasteiger partial charge is 0.481 e. The predicted molar refractivity (Wildman–Crippen MR) is 348 cm³/mol. The van der Waals surface area contributed by atoms with Crippen molar-refractivity contribution in [3.63, 3.8) is 0 Å². The summed E-state index contributed by atoms with van der Waals surface area (Å²) in [6, 6.07) is 24.2. The lowest BCUT2D eigenvalue weighted by atomic mass is 9.85. The van der Waals surface area contributed by atoms with Gasteiger partial charge in [-0.15, -0.1) is 0 Å². The Labute approximate surface area is 545 Å². The minimum atomic E-state index is -3.86. The first-order valence-corrected chi connectivity index (χ1v) is 35.8. The molecule has 17 nitrogen and oxygen atoms in total. The van der Waals surface area contributed by atoms with Gasteiger partial charge in [-0.2, -0.15) is 0 Å². The number of rotatable bonds is 9. The number of Topliss-reactive ketones (excluding diaryl/α,β-unsaturated/α-hetero) is 2. The van der Waals surface area contributed by atoms with Crippen LogP contribution in [-0.2, 0) is 74.7 Å². The van der Waals surface area contributed by atoms with Crippen molar-refractivity contribution in [2.45, 2.75) is 191 Å². The number of allylic oxidation sites excluding steroid dienone is 4.